The Labute approximate surface area is 225 Å². The summed E-state index contributed by atoms with van der Waals surface area (Å²) in [5.41, 5.74) is 1.53. The Bertz CT molecular complexity index is 1600. The van der Waals surface area contributed by atoms with Crippen LogP contribution in [-0.2, 0) is 21.5 Å². The van der Waals surface area contributed by atoms with E-state index >= 15 is 0 Å². The first-order chi connectivity index (χ1) is 18.6. The SMILES string of the molecule is COc1cccc2c1C(=O)C1=C(C[C@H](C)O[C@@H]1C)C2(OC)c1ccc2cc3c(c(O)c2c1O)C(=O)C[C@@H](O)C3. The molecule has 0 amide bonds. The van der Waals surface area contributed by atoms with Gasteiger partial charge in [0.05, 0.1) is 41.9 Å². The second-order valence-corrected chi connectivity index (χ2v) is 10.6. The Balaban J connectivity index is 1.72. The number of benzene rings is 3. The van der Waals surface area contributed by atoms with E-state index in [1.165, 1.54) is 14.2 Å². The van der Waals surface area contributed by atoms with Crippen LogP contribution in [0.1, 0.15) is 64.1 Å². The molecule has 3 aromatic carbocycles. The van der Waals surface area contributed by atoms with Crippen LogP contribution in [0.25, 0.3) is 10.8 Å². The van der Waals surface area contributed by atoms with Crippen molar-refractivity contribution in [2.45, 2.75) is 57.0 Å². The molecule has 1 unspecified atom stereocenters. The molecule has 1 aliphatic heterocycles. The van der Waals surface area contributed by atoms with E-state index in [4.69, 9.17) is 14.2 Å². The molecule has 0 bridgehead atoms. The normalized spacial score (nSPS) is 26.3. The average molecular weight is 531 g/mol. The molecular formula is C31H30O8. The van der Waals surface area contributed by atoms with Crippen molar-refractivity contribution >= 4 is 22.3 Å². The first kappa shape index (κ1) is 25.6. The molecule has 4 atom stereocenters. The van der Waals surface area contributed by atoms with Gasteiger partial charge < -0.3 is 29.5 Å². The van der Waals surface area contributed by atoms with Crippen LogP contribution in [-0.4, -0.2) is 59.4 Å². The van der Waals surface area contributed by atoms with Crippen molar-refractivity contribution in [3.8, 4) is 17.2 Å². The van der Waals surface area contributed by atoms with Crippen molar-refractivity contribution in [1.29, 1.82) is 0 Å². The van der Waals surface area contributed by atoms with Crippen LogP contribution in [0.3, 0.4) is 0 Å². The lowest BCUT2D eigenvalue weighted by molar-refractivity contribution is -0.0131. The van der Waals surface area contributed by atoms with Crippen LogP contribution < -0.4 is 4.74 Å². The number of hydrogen-bond acceptors (Lipinski definition) is 8. The quantitative estimate of drug-likeness (QED) is 0.458. The number of phenolic OH excluding ortho intramolecular Hbond substituents is 2. The maximum atomic E-state index is 13.9. The molecule has 1 heterocycles. The lowest BCUT2D eigenvalue weighted by Gasteiger charge is -2.46. The van der Waals surface area contributed by atoms with Crippen LogP contribution in [0.15, 0.2) is 47.5 Å². The summed E-state index contributed by atoms with van der Waals surface area (Å²) in [5.74, 6) is -0.811. The summed E-state index contributed by atoms with van der Waals surface area (Å²) in [6.45, 7) is 3.74. The Kier molecular flexibility index (Phi) is 5.84. The number of rotatable bonds is 3. The highest BCUT2D eigenvalue weighted by molar-refractivity contribution is 6.15. The molecule has 8 heteroatoms. The van der Waals surface area contributed by atoms with Gasteiger partial charge in [-0.25, -0.2) is 0 Å². The van der Waals surface area contributed by atoms with Gasteiger partial charge in [-0.15, -0.1) is 0 Å². The van der Waals surface area contributed by atoms with Gasteiger partial charge in [0.15, 0.2) is 11.6 Å². The van der Waals surface area contributed by atoms with Crippen LogP contribution >= 0.6 is 0 Å². The van der Waals surface area contributed by atoms with Gasteiger partial charge in [-0.05, 0) is 55.3 Å². The molecule has 0 spiro atoms. The maximum absolute atomic E-state index is 13.9. The summed E-state index contributed by atoms with van der Waals surface area (Å²) in [4.78, 5) is 26.7. The predicted octanol–water partition coefficient (Wildman–Crippen LogP) is 4.33. The number of aliphatic hydroxyl groups excluding tert-OH is 1. The number of Topliss-reactive ketones (excluding diaryl/α,β-unsaturated/α-hetero) is 2. The zero-order valence-electron chi connectivity index (χ0n) is 22.2. The molecule has 2 aliphatic carbocycles. The smallest absolute Gasteiger partial charge is 0.195 e. The highest BCUT2D eigenvalue weighted by atomic mass is 16.5. The van der Waals surface area contributed by atoms with Crippen molar-refractivity contribution in [1.82, 2.24) is 0 Å². The van der Waals surface area contributed by atoms with E-state index in [1.807, 2.05) is 13.8 Å². The van der Waals surface area contributed by atoms with Crippen molar-refractivity contribution in [3.05, 3.63) is 75.4 Å². The number of phenols is 2. The van der Waals surface area contributed by atoms with Crippen LogP contribution in [0.2, 0.25) is 0 Å². The third kappa shape index (κ3) is 3.41. The van der Waals surface area contributed by atoms with E-state index in [-0.39, 0.29) is 53.0 Å². The first-order valence-corrected chi connectivity index (χ1v) is 13.0. The third-order valence-corrected chi connectivity index (χ3v) is 8.36. The number of carbonyl (C=O) groups is 2. The van der Waals surface area contributed by atoms with E-state index in [0.29, 0.717) is 51.0 Å². The molecular weight excluding hydrogens is 500 g/mol. The van der Waals surface area contributed by atoms with E-state index in [2.05, 4.69) is 0 Å². The number of ether oxygens (including phenoxy) is 3. The second-order valence-electron chi connectivity index (χ2n) is 10.6. The molecule has 0 aromatic heterocycles. The summed E-state index contributed by atoms with van der Waals surface area (Å²) in [6.07, 6.45) is -1.07. The van der Waals surface area contributed by atoms with Crippen LogP contribution in [0, 0.1) is 0 Å². The first-order valence-electron chi connectivity index (χ1n) is 13.0. The molecule has 8 nitrogen and oxygen atoms in total. The van der Waals surface area contributed by atoms with Gasteiger partial charge in [-0.2, -0.15) is 0 Å². The fraction of sp³-hybridized carbons (Fsp3) is 0.355. The van der Waals surface area contributed by atoms with Crippen molar-refractivity contribution < 1.29 is 39.1 Å². The molecule has 0 saturated heterocycles. The van der Waals surface area contributed by atoms with E-state index in [9.17, 15) is 24.9 Å². The Morgan fingerprint density at radius 3 is 2.44 bits per heavy atom. The fourth-order valence-electron chi connectivity index (χ4n) is 6.85. The molecule has 39 heavy (non-hydrogen) atoms. The molecule has 6 rings (SSSR count). The average Bonchev–Trinajstić information content (AvgIpc) is 2.88. The molecule has 0 fully saturated rings. The minimum absolute atomic E-state index is 0.101. The summed E-state index contributed by atoms with van der Waals surface area (Å²) < 4.78 is 18.0. The standard InChI is InChI=1S/C31H30O8/c1-14-10-21-24(15(2)39-14)29(35)27-19(6-5-7-23(27)37-3)31(21,38-4)20-9-8-16-11-17-12-18(32)13-22(33)25(17)30(36)26(16)28(20)34/h5-9,11,14-15,18,32,34,36H,10,12-13H2,1-4H3/t14-,15+,18-,31?/m0/s1. The van der Waals surface area contributed by atoms with Crippen LogP contribution in [0.4, 0.5) is 0 Å². The molecule has 0 saturated carbocycles. The second kappa shape index (κ2) is 8.91. The van der Waals surface area contributed by atoms with Gasteiger partial charge in [-0.1, -0.05) is 24.3 Å². The van der Waals surface area contributed by atoms with Gasteiger partial charge >= 0.3 is 0 Å². The van der Waals surface area contributed by atoms with E-state index in [1.54, 1.807) is 36.4 Å². The summed E-state index contributed by atoms with van der Waals surface area (Å²) in [5, 5.41) is 34.0. The van der Waals surface area contributed by atoms with Crippen molar-refractivity contribution in [2.75, 3.05) is 14.2 Å². The largest absolute Gasteiger partial charge is 0.507 e. The Morgan fingerprint density at radius 2 is 1.72 bits per heavy atom. The number of fused-ring (bicyclic) bond motifs is 3. The van der Waals surface area contributed by atoms with Gasteiger partial charge in [0.1, 0.15) is 22.8 Å². The number of methoxy groups -OCH3 is 2. The summed E-state index contributed by atoms with van der Waals surface area (Å²) in [6, 6.07) is 10.5. The minimum atomic E-state index is -1.40. The lowest BCUT2D eigenvalue weighted by atomic mass is 9.66. The number of aliphatic hydroxyl groups is 1. The van der Waals surface area contributed by atoms with Crippen molar-refractivity contribution in [2.24, 2.45) is 0 Å². The topological polar surface area (TPSA) is 123 Å². The minimum Gasteiger partial charge on any atom is -0.507 e. The number of hydrogen-bond donors (Lipinski definition) is 3. The lowest BCUT2D eigenvalue weighted by Crippen LogP contribution is -2.45. The molecule has 3 aliphatic rings. The summed E-state index contributed by atoms with van der Waals surface area (Å²) in [7, 11) is 3.02. The Hall–Kier alpha value is -3.72. The monoisotopic (exact) mass is 530 g/mol. The molecule has 0 radical (unpaired) electrons. The van der Waals surface area contributed by atoms with Gasteiger partial charge in [0.25, 0.3) is 0 Å². The molecule has 202 valence electrons. The number of aromatic hydroxyl groups is 2. The zero-order valence-corrected chi connectivity index (χ0v) is 22.2. The highest BCUT2D eigenvalue weighted by Crippen LogP contribution is 2.56. The molecule has 3 N–H and O–H groups in total. The Morgan fingerprint density at radius 1 is 0.949 bits per heavy atom. The zero-order chi connectivity index (χ0) is 27.8. The van der Waals surface area contributed by atoms with E-state index < -0.39 is 17.8 Å². The number of carbonyl (C=O) groups excluding carboxylic acids is 2. The van der Waals surface area contributed by atoms with Crippen LogP contribution in [0.5, 0.6) is 17.2 Å². The maximum Gasteiger partial charge on any atom is 0.195 e. The fourth-order valence-corrected chi connectivity index (χ4v) is 6.85. The predicted molar refractivity (Wildman–Crippen MR) is 143 cm³/mol. The van der Waals surface area contributed by atoms with E-state index in [0.717, 1.165) is 0 Å². The highest BCUT2D eigenvalue weighted by Gasteiger charge is 2.52. The van der Waals surface area contributed by atoms with Gasteiger partial charge in [0.2, 0.25) is 0 Å². The number of ketones is 2. The third-order valence-electron chi connectivity index (χ3n) is 8.36. The van der Waals surface area contributed by atoms with Crippen molar-refractivity contribution in [3.63, 3.8) is 0 Å². The van der Waals surface area contributed by atoms with Gasteiger partial charge in [-0.3, -0.25) is 9.59 Å². The van der Waals surface area contributed by atoms with Gasteiger partial charge in [0, 0.05) is 30.2 Å². The molecule has 3 aromatic rings. The summed E-state index contributed by atoms with van der Waals surface area (Å²) >= 11 is 0.